The van der Waals surface area contributed by atoms with Crippen molar-refractivity contribution in [2.24, 2.45) is 0 Å². The van der Waals surface area contributed by atoms with Crippen molar-refractivity contribution in [2.45, 2.75) is 43.7 Å². The minimum absolute atomic E-state index is 0.0305. The molecule has 3 rings (SSSR count). The van der Waals surface area contributed by atoms with Gasteiger partial charge in [0.05, 0.1) is 29.9 Å². The van der Waals surface area contributed by atoms with E-state index in [2.05, 4.69) is 21.2 Å². The van der Waals surface area contributed by atoms with Gasteiger partial charge in [-0.25, -0.2) is 9.59 Å². The van der Waals surface area contributed by atoms with E-state index in [1.165, 1.54) is 19.1 Å². The molecule has 2 aliphatic heterocycles. The number of methoxy groups -OCH3 is 2. The number of carbonyl (C=O) groups is 2. The topological polar surface area (TPSA) is 97.3 Å². The first kappa shape index (κ1) is 19.6. The largest absolute Gasteiger partial charge is 0.493 e. The molecule has 27 heavy (non-hydrogen) atoms. The van der Waals surface area contributed by atoms with E-state index in [0.717, 1.165) is 25.7 Å². The summed E-state index contributed by atoms with van der Waals surface area (Å²) >= 11 is 3.39. The van der Waals surface area contributed by atoms with Crippen LogP contribution < -0.4 is 14.8 Å². The van der Waals surface area contributed by atoms with Gasteiger partial charge in [-0.15, -0.1) is 0 Å². The summed E-state index contributed by atoms with van der Waals surface area (Å²) < 4.78 is 16.5. The molecule has 0 aliphatic carbocycles. The zero-order valence-electron chi connectivity index (χ0n) is 15.3. The molecule has 148 valence electrons. The number of carboxylic acid groups (broad SMARTS) is 1. The number of hydrogen-bond acceptors (Lipinski definition) is 5. The minimum Gasteiger partial charge on any atom is -0.493 e. The maximum absolute atomic E-state index is 12.3. The number of nitrogens with one attached hydrogen (secondary N) is 1. The molecule has 1 aromatic rings. The van der Waals surface area contributed by atoms with Crippen LogP contribution in [0.1, 0.15) is 32.1 Å². The molecule has 2 heterocycles. The zero-order chi connectivity index (χ0) is 19.6. The Morgan fingerprint density at radius 3 is 2.74 bits per heavy atom. The standard InChI is InChI=1S/C18H23BrN2O6/c1-25-13-6-5-12(14(19)15(13)26-2)20-16(22)27-10-18-8-3-4-11(7-9-18)21(18)17(23)24/h5-6,11H,3-4,7-10H2,1-2H3,(H,20,22)(H,23,24). The molecule has 9 heteroatoms. The van der Waals surface area contributed by atoms with Crippen molar-refractivity contribution < 1.29 is 28.9 Å². The maximum atomic E-state index is 12.3. The summed E-state index contributed by atoms with van der Waals surface area (Å²) in [5.74, 6) is 0.982. The van der Waals surface area contributed by atoms with E-state index in [-0.39, 0.29) is 12.6 Å². The molecule has 0 radical (unpaired) electrons. The lowest BCUT2D eigenvalue weighted by molar-refractivity contribution is 0.0110. The molecule has 2 bridgehead atoms. The average molecular weight is 443 g/mol. The van der Waals surface area contributed by atoms with Gasteiger partial charge in [0.1, 0.15) is 6.61 Å². The first-order valence-corrected chi connectivity index (χ1v) is 9.57. The van der Waals surface area contributed by atoms with E-state index in [4.69, 9.17) is 14.2 Å². The summed E-state index contributed by atoms with van der Waals surface area (Å²) in [4.78, 5) is 25.5. The Hall–Kier alpha value is -2.16. The van der Waals surface area contributed by atoms with E-state index in [9.17, 15) is 14.7 Å². The number of rotatable bonds is 5. The summed E-state index contributed by atoms with van der Waals surface area (Å²) in [6.45, 7) is 0.0482. The molecule has 2 fully saturated rings. The highest BCUT2D eigenvalue weighted by Crippen LogP contribution is 2.44. The van der Waals surface area contributed by atoms with Crippen molar-refractivity contribution in [2.75, 3.05) is 26.1 Å². The number of amides is 2. The molecule has 0 aromatic heterocycles. The summed E-state index contributed by atoms with van der Waals surface area (Å²) in [6, 6.07) is 3.37. The third-order valence-electron chi connectivity index (χ3n) is 5.40. The number of ether oxygens (including phenoxy) is 3. The molecule has 2 N–H and O–H groups in total. The molecule has 2 unspecified atom stereocenters. The predicted octanol–water partition coefficient (Wildman–Crippen LogP) is 4.08. The average Bonchev–Trinajstić information content (AvgIpc) is 2.88. The Bertz CT molecular complexity index is 739. The first-order chi connectivity index (χ1) is 12.9. The first-order valence-electron chi connectivity index (χ1n) is 8.78. The molecule has 2 atom stereocenters. The Labute approximate surface area is 165 Å². The number of anilines is 1. The van der Waals surface area contributed by atoms with E-state index in [1.807, 2.05) is 0 Å². The van der Waals surface area contributed by atoms with Gasteiger partial charge in [0, 0.05) is 6.04 Å². The van der Waals surface area contributed by atoms with Gasteiger partial charge in [0.2, 0.25) is 0 Å². The Morgan fingerprint density at radius 2 is 2.07 bits per heavy atom. The van der Waals surface area contributed by atoms with Crippen molar-refractivity contribution in [3.63, 3.8) is 0 Å². The summed E-state index contributed by atoms with van der Waals surface area (Å²) in [5.41, 5.74) is -0.140. The quantitative estimate of drug-likeness (QED) is 0.712. The van der Waals surface area contributed by atoms with Gasteiger partial charge in [-0.1, -0.05) is 0 Å². The Morgan fingerprint density at radius 1 is 1.30 bits per heavy atom. The van der Waals surface area contributed by atoms with Crippen LogP contribution in [0.5, 0.6) is 11.5 Å². The van der Waals surface area contributed by atoms with Crippen LogP contribution in [0.4, 0.5) is 15.3 Å². The molecule has 2 saturated heterocycles. The van der Waals surface area contributed by atoms with Crippen LogP contribution >= 0.6 is 15.9 Å². The van der Waals surface area contributed by atoms with Crippen molar-refractivity contribution in [1.82, 2.24) is 4.90 Å². The number of halogens is 1. The fourth-order valence-corrected chi connectivity index (χ4v) is 4.75. The van der Waals surface area contributed by atoms with Gasteiger partial charge in [0.25, 0.3) is 0 Å². The van der Waals surface area contributed by atoms with Gasteiger partial charge in [0.15, 0.2) is 11.5 Å². The summed E-state index contributed by atoms with van der Waals surface area (Å²) in [7, 11) is 3.03. The second-order valence-corrected chi connectivity index (χ2v) is 7.62. The number of nitrogens with zero attached hydrogens (tertiary/aromatic N) is 1. The maximum Gasteiger partial charge on any atom is 0.411 e. The third kappa shape index (κ3) is 3.65. The number of piperidine rings is 1. The lowest BCUT2D eigenvalue weighted by atomic mass is 9.89. The number of benzene rings is 1. The monoisotopic (exact) mass is 442 g/mol. The highest BCUT2D eigenvalue weighted by atomic mass is 79.9. The summed E-state index contributed by atoms with van der Waals surface area (Å²) in [5, 5.41) is 12.2. The van der Waals surface area contributed by atoms with Gasteiger partial charge in [-0.2, -0.15) is 0 Å². The lowest BCUT2D eigenvalue weighted by Crippen LogP contribution is -2.55. The second kappa shape index (κ2) is 7.84. The van der Waals surface area contributed by atoms with E-state index in [0.29, 0.717) is 28.1 Å². The van der Waals surface area contributed by atoms with Gasteiger partial charge >= 0.3 is 12.2 Å². The summed E-state index contributed by atoms with van der Waals surface area (Å²) in [6.07, 6.45) is 2.49. The van der Waals surface area contributed by atoms with Crippen LogP contribution in [0.15, 0.2) is 16.6 Å². The van der Waals surface area contributed by atoms with Crippen molar-refractivity contribution in [1.29, 1.82) is 0 Å². The molecule has 8 nitrogen and oxygen atoms in total. The van der Waals surface area contributed by atoms with Gasteiger partial charge in [-0.05, 0) is 60.2 Å². The number of carbonyl (C=O) groups excluding carboxylic acids is 1. The van der Waals surface area contributed by atoms with E-state index < -0.39 is 17.7 Å². The second-order valence-electron chi connectivity index (χ2n) is 6.83. The molecule has 2 amide bonds. The molecule has 1 aromatic carbocycles. The number of hydrogen-bond donors (Lipinski definition) is 2. The minimum atomic E-state index is -0.941. The van der Waals surface area contributed by atoms with E-state index >= 15 is 0 Å². The molecule has 2 aliphatic rings. The number of fused-ring (bicyclic) bond motifs is 2. The highest BCUT2D eigenvalue weighted by molar-refractivity contribution is 9.10. The molecule has 0 spiro atoms. The van der Waals surface area contributed by atoms with Crippen LogP contribution in [0.2, 0.25) is 0 Å². The van der Waals surface area contributed by atoms with Crippen LogP contribution in [0.3, 0.4) is 0 Å². The van der Waals surface area contributed by atoms with Crippen LogP contribution in [0, 0.1) is 0 Å². The van der Waals surface area contributed by atoms with Crippen LogP contribution in [-0.4, -0.2) is 54.6 Å². The highest BCUT2D eigenvalue weighted by Gasteiger charge is 2.52. The van der Waals surface area contributed by atoms with E-state index in [1.54, 1.807) is 12.1 Å². The Kier molecular flexibility index (Phi) is 5.69. The van der Waals surface area contributed by atoms with Crippen molar-refractivity contribution in [3.05, 3.63) is 16.6 Å². The van der Waals surface area contributed by atoms with Crippen molar-refractivity contribution in [3.8, 4) is 11.5 Å². The predicted molar refractivity (Wildman–Crippen MR) is 102 cm³/mol. The van der Waals surface area contributed by atoms with Gasteiger partial charge in [-0.3, -0.25) is 10.2 Å². The van der Waals surface area contributed by atoms with Crippen molar-refractivity contribution >= 4 is 33.8 Å². The molecular weight excluding hydrogens is 420 g/mol. The molecular formula is C18H23BrN2O6. The zero-order valence-corrected chi connectivity index (χ0v) is 16.9. The van der Waals surface area contributed by atoms with Crippen LogP contribution in [-0.2, 0) is 4.74 Å². The lowest BCUT2D eigenvalue weighted by Gasteiger charge is -2.42. The smallest absolute Gasteiger partial charge is 0.411 e. The molecule has 0 saturated carbocycles. The SMILES string of the molecule is COc1ccc(NC(=O)OCC23CCCC(CC2)N3C(=O)O)c(Br)c1OC. The fraction of sp³-hybridized carbons (Fsp3) is 0.556. The fourth-order valence-electron chi connectivity index (χ4n) is 4.16. The normalized spacial score (nSPS) is 23.7. The van der Waals surface area contributed by atoms with Gasteiger partial charge < -0.3 is 19.3 Å². The van der Waals surface area contributed by atoms with Crippen LogP contribution in [0.25, 0.3) is 0 Å². The Balaban J connectivity index is 1.67. The third-order valence-corrected chi connectivity index (χ3v) is 6.19.